The lowest BCUT2D eigenvalue weighted by molar-refractivity contribution is -0.144. The van der Waals surface area contributed by atoms with Crippen molar-refractivity contribution in [1.82, 2.24) is 19.2 Å². The molecule has 2 aliphatic heterocycles. The molecule has 172 valence electrons. The van der Waals surface area contributed by atoms with Crippen molar-refractivity contribution in [3.05, 3.63) is 48.4 Å². The average molecular weight is 459 g/mol. The van der Waals surface area contributed by atoms with Crippen molar-refractivity contribution < 1.29 is 17.9 Å². The van der Waals surface area contributed by atoms with Crippen LogP contribution in [0.5, 0.6) is 11.6 Å². The maximum Gasteiger partial charge on any atom is 0.241 e. The fourth-order valence-corrected chi connectivity index (χ4v) is 5.43. The number of aromatic nitrogens is 2. The lowest BCUT2D eigenvalue weighted by Crippen LogP contribution is -2.51. The molecule has 32 heavy (non-hydrogen) atoms. The van der Waals surface area contributed by atoms with E-state index >= 15 is 0 Å². The van der Waals surface area contributed by atoms with Gasteiger partial charge in [0.05, 0.1) is 6.26 Å². The van der Waals surface area contributed by atoms with E-state index in [0.717, 1.165) is 18.5 Å². The Bertz CT molecular complexity index is 1050. The molecule has 4 rings (SSSR count). The largest absolute Gasteiger partial charge is 0.437 e. The third kappa shape index (κ3) is 4.94. The molecule has 2 aliphatic rings. The Morgan fingerprint density at radius 2 is 1.78 bits per heavy atom. The van der Waals surface area contributed by atoms with Crippen LogP contribution < -0.4 is 4.74 Å². The van der Waals surface area contributed by atoms with Gasteiger partial charge in [-0.2, -0.15) is 0 Å². The lowest BCUT2D eigenvalue weighted by atomic mass is 9.79. The highest BCUT2D eigenvalue weighted by molar-refractivity contribution is 7.88. The standard InChI is InChI=1S/C23H30N4O4S/c1-23(10-15-27(16-11-23)32(2,29)30)22(28)26-14-6-7-18(17-26)20-21(25-13-12-24-20)31-19-8-4-3-5-9-19/h3-5,8-9,12-13,18H,6-7,10-11,14-17H2,1-2H3/t18-/m1/s1. The van der Waals surface area contributed by atoms with Gasteiger partial charge < -0.3 is 9.64 Å². The Kier molecular flexibility index (Phi) is 6.48. The molecule has 0 N–H and O–H groups in total. The van der Waals surface area contributed by atoms with Gasteiger partial charge in [0.25, 0.3) is 0 Å². The van der Waals surface area contributed by atoms with E-state index in [-0.39, 0.29) is 11.8 Å². The number of likely N-dealkylation sites (tertiary alicyclic amines) is 1. The first-order chi connectivity index (χ1) is 15.3. The van der Waals surface area contributed by atoms with E-state index in [4.69, 9.17) is 4.74 Å². The van der Waals surface area contributed by atoms with Crippen molar-refractivity contribution in [1.29, 1.82) is 0 Å². The van der Waals surface area contributed by atoms with Crippen molar-refractivity contribution in [2.24, 2.45) is 5.41 Å². The molecule has 1 aromatic carbocycles. The van der Waals surface area contributed by atoms with E-state index in [1.807, 2.05) is 42.2 Å². The van der Waals surface area contributed by atoms with Crippen LogP contribution in [0.2, 0.25) is 0 Å². The van der Waals surface area contributed by atoms with Gasteiger partial charge in [0.15, 0.2) is 0 Å². The zero-order valence-electron chi connectivity index (χ0n) is 18.6. The molecule has 8 nitrogen and oxygen atoms in total. The minimum atomic E-state index is -3.22. The van der Waals surface area contributed by atoms with Crippen LogP contribution >= 0.6 is 0 Å². The van der Waals surface area contributed by atoms with E-state index in [1.54, 1.807) is 12.4 Å². The fourth-order valence-electron chi connectivity index (χ4n) is 4.59. The molecule has 0 spiro atoms. The van der Waals surface area contributed by atoms with Gasteiger partial charge in [0.2, 0.25) is 21.8 Å². The maximum absolute atomic E-state index is 13.5. The molecule has 0 radical (unpaired) electrons. The smallest absolute Gasteiger partial charge is 0.241 e. The average Bonchev–Trinajstić information content (AvgIpc) is 2.79. The second-order valence-electron chi connectivity index (χ2n) is 8.97. The number of carbonyl (C=O) groups is 1. The van der Waals surface area contributed by atoms with E-state index < -0.39 is 15.4 Å². The van der Waals surface area contributed by atoms with Gasteiger partial charge in [0.1, 0.15) is 11.4 Å². The molecule has 2 fully saturated rings. The molecule has 3 heterocycles. The molecular weight excluding hydrogens is 428 g/mol. The summed E-state index contributed by atoms with van der Waals surface area (Å²) in [6, 6.07) is 9.48. The van der Waals surface area contributed by atoms with E-state index in [0.29, 0.717) is 50.7 Å². The third-order valence-electron chi connectivity index (χ3n) is 6.56. The molecule has 0 aliphatic carbocycles. The van der Waals surface area contributed by atoms with Crippen LogP contribution in [0.4, 0.5) is 0 Å². The molecule has 0 saturated carbocycles. The van der Waals surface area contributed by atoms with Crippen molar-refractivity contribution >= 4 is 15.9 Å². The number of amides is 1. The number of ether oxygens (including phenoxy) is 1. The molecule has 2 aromatic rings. The molecule has 0 bridgehead atoms. The third-order valence-corrected chi connectivity index (χ3v) is 7.86. The first kappa shape index (κ1) is 22.7. The first-order valence-electron chi connectivity index (χ1n) is 11.0. The zero-order chi connectivity index (χ0) is 22.8. The lowest BCUT2D eigenvalue weighted by Gasteiger charge is -2.42. The van der Waals surface area contributed by atoms with Crippen LogP contribution in [-0.4, -0.2) is 65.9 Å². The molecule has 2 saturated heterocycles. The summed E-state index contributed by atoms with van der Waals surface area (Å²) in [5.74, 6) is 1.32. The topological polar surface area (TPSA) is 92.7 Å². The highest BCUT2D eigenvalue weighted by Gasteiger charge is 2.42. The Morgan fingerprint density at radius 1 is 1.09 bits per heavy atom. The SMILES string of the molecule is CC1(C(=O)N2CCC[C@@H](c3nccnc3Oc3ccccc3)C2)CCN(S(C)(=O)=O)CC1. The summed E-state index contributed by atoms with van der Waals surface area (Å²) in [5, 5.41) is 0. The number of nitrogens with zero attached hydrogens (tertiary/aromatic N) is 4. The van der Waals surface area contributed by atoms with Gasteiger partial charge in [-0.25, -0.2) is 17.7 Å². The van der Waals surface area contributed by atoms with Gasteiger partial charge in [0, 0.05) is 49.9 Å². The number of rotatable bonds is 5. The second-order valence-corrected chi connectivity index (χ2v) is 11.0. The molecule has 1 atom stereocenters. The number of hydrogen-bond acceptors (Lipinski definition) is 6. The molecule has 1 amide bonds. The zero-order valence-corrected chi connectivity index (χ0v) is 19.4. The van der Waals surface area contributed by atoms with Gasteiger partial charge in [-0.15, -0.1) is 0 Å². The monoisotopic (exact) mass is 458 g/mol. The maximum atomic E-state index is 13.5. The molecule has 0 unspecified atom stereocenters. The van der Waals surface area contributed by atoms with Gasteiger partial charge in [-0.1, -0.05) is 25.1 Å². The Labute approximate surface area is 189 Å². The minimum absolute atomic E-state index is 0.0415. The predicted molar refractivity (Wildman–Crippen MR) is 121 cm³/mol. The Hall–Kier alpha value is -2.52. The van der Waals surface area contributed by atoms with Crippen LogP contribution in [0.1, 0.15) is 44.2 Å². The van der Waals surface area contributed by atoms with Crippen molar-refractivity contribution in [3.8, 4) is 11.6 Å². The summed E-state index contributed by atoms with van der Waals surface area (Å²) in [5.41, 5.74) is 0.223. The van der Waals surface area contributed by atoms with Crippen molar-refractivity contribution in [3.63, 3.8) is 0 Å². The Morgan fingerprint density at radius 3 is 2.47 bits per heavy atom. The summed E-state index contributed by atoms with van der Waals surface area (Å²) >= 11 is 0. The molecule has 9 heteroatoms. The highest BCUT2D eigenvalue weighted by atomic mass is 32.2. The van der Waals surface area contributed by atoms with E-state index in [9.17, 15) is 13.2 Å². The molecule has 1 aromatic heterocycles. The molecular formula is C23H30N4O4S. The number of benzene rings is 1. The summed E-state index contributed by atoms with van der Waals surface area (Å²) in [6.07, 6.45) is 7.36. The van der Waals surface area contributed by atoms with Gasteiger partial charge in [-0.05, 0) is 37.8 Å². The van der Waals surface area contributed by atoms with E-state index in [1.165, 1.54) is 10.6 Å². The summed E-state index contributed by atoms with van der Waals surface area (Å²) in [4.78, 5) is 24.4. The van der Waals surface area contributed by atoms with Crippen molar-refractivity contribution in [2.75, 3.05) is 32.4 Å². The number of sulfonamides is 1. The number of para-hydroxylation sites is 1. The van der Waals surface area contributed by atoms with Crippen LogP contribution in [0, 0.1) is 5.41 Å². The van der Waals surface area contributed by atoms with Crippen LogP contribution in [0.25, 0.3) is 0 Å². The number of hydrogen-bond donors (Lipinski definition) is 0. The summed E-state index contributed by atoms with van der Waals surface area (Å²) in [7, 11) is -3.22. The van der Waals surface area contributed by atoms with Gasteiger partial charge >= 0.3 is 0 Å². The van der Waals surface area contributed by atoms with Gasteiger partial charge in [-0.3, -0.25) is 9.78 Å². The van der Waals surface area contributed by atoms with E-state index in [2.05, 4.69) is 9.97 Å². The first-order valence-corrected chi connectivity index (χ1v) is 12.9. The van der Waals surface area contributed by atoms with Crippen LogP contribution in [0.3, 0.4) is 0 Å². The summed E-state index contributed by atoms with van der Waals surface area (Å²) < 4.78 is 31.1. The van der Waals surface area contributed by atoms with Crippen LogP contribution in [-0.2, 0) is 14.8 Å². The number of carbonyl (C=O) groups excluding carboxylic acids is 1. The number of piperidine rings is 2. The summed E-state index contributed by atoms with van der Waals surface area (Å²) in [6.45, 7) is 4.00. The fraction of sp³-hybridized carbons (Fsp3) is 0.522. The Balaban J connectivity index is 1.47. The normalized spacial score (nSPS) is 21.8. The second kappa shape index (κ2) is 9.15. The highest BCUT2D eigenvalue weighted by Crippen LogP contribution is 2.37. The van der Waals surface area contributed by atoms with Crippen molar-refractivity contribution in [2.45, 2.75) is 38.5 Å². The quantitative estimate of drug-likeness (QED) is 0.684. The minimum Gasteiger partial charge on any atom is -0.437 e. The van der Waals surface area contributed by atoms with Crippen LogP contribution in [0.15, 0.2) is 42.7 Å². The predicted octanol–water partition coefficient (Wildman–Crippen LogP) is 3.04.